The smallest absolute Gasteiger partial charge is 0.238 e. The van der Waals surface area contributed by atoms with E-state index in [-0.39, 0.29) is 0 Å². The van der Waals surface area contributed by atoms with Crippen LogP contribution in [0.5, 0.6) is 0 Å². The van der Waals surface area contributed by atoms with Gasteiger partial charge in [0.25, 0.3) is 0 Å². The lowest BCUT2D eigenvalue weighted by atomic mass is 10.0. The van der Waals surface area contributed by atoms with Crippen molar-refractivity contribution in [2.45, 2.75) is 6.04 Å². The van der Waals surface area contributed by atoms with Gasteiger partial charge in [-0.15, -0.1) is 0 Å². The Morgan fingerprint density at radius 1 is 1.50 bits per heavy atom. The fraction of sp³-hybridized carbons (Fsp3) is 0.111. The van der Waals surface area contributed by atoms with Crippen molar-refractivity contribution >= 4 is 16.8 Å². The van der Waals surface area contributed by atoms with E-state index in [1.54, 1.807) is 18.3 Å². The van der Waals surface area contributed by atoms with Crippen LogP contribution >= 0.6 is 0 Å². The van der Waals surface area contributed by atoms with Gasteiger partial charge in [-0.2, -0.15) is 5.10 Å². The lowest BCUT2D eigenvalue weighted by Gasteiger charge is -2.08. The lowest BCUT2D eigenvalue weighted by Crippen LogP contribution is -2.28. The SMILES string of the molecule is NC(=O)C(N)c1cccc2[nH]ncc12. The normalized spacial score (nSPS) is 12.9. The Balaban J connectivity index is 2.61. The Hall–Kier alpha value is -1.88. The van der Waals surface area contributed by atoms with E-state index in [1.807, 2.05) is 6.07 Å². The fourth-order valence-corrected chi connectivity index (χ4v) is 1.42. The van der Waals surface area contributed by atoms with E-state index in [9.17, 15) is 4.79 Å². The number of hydrogen-bond acceptors (Lipinski definition) is 3. The van der Waals surface area contributed by atoms with Gasteiger partial charge in [0.15, 0.2) is 0 Å². The van der Waals surface area contributed by atoms with Gasteiger partial charge in [-0.1, -0.05) is 12.1 Å². The summed E-state index contributed by atoms with van der Waals surface area (Å²) < 4.78 is 0. The average molecular weight is 190 g/mol. The quantitative estimate of drug-likeness (QED) is 0.624. The number of primary amides is 1. The summed E-state index contributed by atoms with van der Waals surface area (Å²) in [6, 6.07) is 4.65. The number of amides is 1. The predicted octanol–water partition coefficient (Wildman–Crippen LogP) is 0.0480. The van der Waals surface area contributed by atoms with Crippen LogP contribution in [-0.2, 0) is 4.79 Å². The molecule has 5 heteroatoms. The van der Waals surface area contributed by atoms with Gasteiger partial charge in [-0.05, 0) is 11.6 Å². The maximum atomic E-state index is 10.9. The lowest BCUT2D eigenvalue weighted by molar-refractivity contribution is -0.119. The van der Waals surface area contributed by atoms with Crippen molar-refractivity contribution < 1.29 is 4.79 Å². The maximum absolute atomic E-state index is 10.9. The number of aromatic nitrogens is 2. The molecule has 0 spiro atoms. The predicted molar refractivity (Wildman–Crippen MR) is 52.2 cm³/mol. The van der Waals surface area contributed by atoms with Crippen LogP contribution in [0, 0.1) is 0 Å². The highest BCUT2D eigenvalue weighted by Gasteiger charge is 2.15. The number of aromatic amines is 1. The van der Waals surface area contributed by atoms with Gasteiger partial charge in [0.2, 0.25) is 5.91 Å². The summed E-state index contributed by atoms with van der Waals surface area (Å²) in [7, 11) is 0. The summed E-state index contributed by atoms with van der Waals surface area (Å²) >= 11 is 0. The summed E-state index contributed by atoms with van der Waals surface area (Å²) in [4.78, 5) is 10.9. The number of rotatable bonds is 2. The zero-order chi connectivity index (χ0) is 10.1. The Labute approximate surface area is 80.1 Å². The molecule has 5 N–H and O–H groups in total. The van der Waals surface area contributed by atoms with Crippen LogP contribution in [0.3, 0.4) is 0 Å². The highest BCUT2D eigenvalue weighted by molar-refractivity contribution is 5.89. The molecular formula is C9H10N4O. The molecule has 14 heavy (non-hydrogen) atoms. The molecule has 2 aromatic rings. The number of nitrogens with one attached hydrogen (secondary N) is 1. The minimum atomic E-state index is -0.781. The summed E-state index contributed by atoms with van der Waals surface area (Å²) in [5.41, 5.74) is 12.3. The van der Waals surface area contributed by atoms with E-state index in [2.05, 4.69) is 10.2 Å². The van der Waals surface area contributed by atoms with Gasteiger partial charge in [0, 0.05) is 5.39 Å². The second-order valence-electron chi connectivity index (χ2n) is 3.06. The third-order valence-corrected chi connectivity index (χ3v) is 2.16. The van der Waals surface area contributed by atoms with Crippen LogP contribution in [0.25, 0.3) is 10.9 Å². The monoisotopic (exact) mass is 190 g/mol. The van der Waals surface area contributed by atoms with Crippen LogP contribution in [0.2, 0.25) is 0 Å². The van der Waals surface area contributed by atoms with E-state index in [0.717, 1.165) is 10.9 Å². The van der Waals surface area contributed by atoms with Crippen molar-refractivity contribution in [2.24, 2.45) is 11.5 Å². The van der Waals surface area contributed by atoms with Crippen molar-refractivity contribution in [1.29, 1.82) is 0 Å². The number of nitrogens with two attached hydrogens (primary N) is 2. The molecule has 0 aliphatic carbocycles. The number of nitrogens with zero attached hydrogens (tertiary/aromatic N) is 1. The first-order valence-electron chi connectivity index (χ1n) is 4.17. The molecule has 0 bridgehead atoms. The molecule has 1 amide bonds. The van der Waals surface area contributed by atoms with Crippen LogP contribution < -0.4 is 11.5 Å². The minimum Gasteiger partial charge on any atom is -0.368 e. The zero-order valence-corrected chi connectivity index (χ0v) is 7.40. The molecule has 0 saturated heterocycles. The maximum Gasteiger partial charge on any atom is 0.238 e. The molecule has 1 atom stereocenters. The van der Waals surface area contributed by atoms with Crippen LogP contribution in [0.1, 0.15) is 11.6 Å². The van der Waals surface area contributed by atoms with Gasteiger partial charge < -0.3 is 11.5 Å². The highest BCUT2D eigenvalue weighted by atomic mass is 16.1. The van der Waals surface area contributed by atoms with Gasteiger partial charge in [0.1, 0.15) is 6.04 Å². The molecule has 1 aromatic carbocycles. The second kappa shape index (κ2) is 3.12. The van der Waals surface area contributed by atoms with Crippen LogP contribution in [0.15, 0.2) is 24.4 Å². The van der Waals surface area contributed by atoms with Crippen molar-refractivity contribution in [3.63, 3.8) is 0 Å². The Bertz CT molecular complexity index is 476. The number of H-pyrrole nitrogens is 1. The number of carbonyl (C=O) groups excluding carboxylic acids is 1. The van der Waals surface area contributed by atoms with Gasteiger partial charge in [-0.25, -0.2) is 0 Å². The molecule has 1 aromatic heterocycles. The molecule has 1 unspecified atom stereocenters. The Morgan fingerprint density at radius 3 is 3.00 bits per heavy atom. The molecule has 0 aliphatic rings. The Morgan fingerprint density at radius 2 is 2.29 bits per heavy atom. The highest BCUT2D eigenvalue weighted by Crippen LogP contribution is 2.20. The molecule has 0 aliphatic heterocycles. The van der Waals surface area contributed by atoms with Gasteiger partial charge >= 0.3 is 0 Å². The molecular weight excluding hydrogens is 180 g/mol. The molecule has 0 saturated carbocycles. The zero-order valence-electron chi connectivity index (χ0n) is 7.40. The largest absolute Gasteiger partial charge is 0.368 e. The van der Waals surface area contributed by atoms with Gasteiger partial charge in [0.05, 0.1) is 11.7 Å². The average Bonchev–Trinajstić information content (AvgIpc) is 2.63. The first kappa shape index (κ1) is 8.71. The molecule has 2 rings (SSSR count). The molecule has 0 fully saturated rings. The third kappa shape index (κ3) is 1.23. The molecule has 5 nitrogen and oxygen atoms in total. The van der Waals surface area contributed by atoms with E-state index >= 15 is 0 Å². The van der Waals surface area contributed by atoms with Crippen molar-refractivity contribution in [3.8, 4) is 0 Å². The summed E-state index contributed by atoms with van der Waals surface area (Å²) in [6.45, 7) is 0. The summed E-state index contributed by atoms with van der Waals surface area (Å²) in [5, 5.41) is 7.50. The summed E-state index contributed by atoms with van der Waals surface area (Å²) in [6.07, 6.45) is 1.63. The van der Waals surface area contributed by atoms with Crippen LogP contribution in [0.4, 0.5) is 0 Å². The van der Waals surface area contributed by atoms with Crippen molar-refractivity contribution in [1.82, 2.24) is 10.2 Å². The standard InChI is InChI=1S/C9H10N4O/c10-8(9(11)14)5-2-1-3-7-6(5)4-12-13-7/h1-4,8H,10H2,(H2,11,14)(H,12,13). The van der Waals surface area contributed by atoms with Crippen molar-refractivity contribution in [2.75, 3.05) is 0 Å². The topological polar surface area (TPSA) is 97.8 Å². The second-order valence-corrected chi connectivity index (χ2v) is 3.06. The first-order chi connectivity index (χ1) is 6.70. The minimum absolute atomic E-state index is 0.543. The van der Waals surface area contributed by atoms with Gasteiger partial charge in [-0.3, -0.25) is 9.89 Å². The molecule has 1 heterocycles. The summed E-state index contributed by atoms with van der Waals surface area (Å²) in [5.74, 6) is -0.543. The van der Waals surface area contributed by atoms with Crippen LogP contribution in [-0.4, -0.2) is 16.1 Å². The Kier molecular flexibility index (Phi) is 1.94. The number of hydrogen-bond donors (Lipinski definition) is 3. The first-order valence-corrected chi connectivity index (χ1v) is 4.17. The number of fused-ring (bicyclic) bond motifs is 1. The van der Waals surface area contributed by atoms with E-state index in [4.69, 9.17) is 11.5 Å². The van der Waals surface area contributed by atoms with E-state index in [0.29, 0.717) is 5.56 Å². The molecule has 0 radical (unpaired) electrons. The van der Waals surface area contributed by atoms with E-state index in [1.165, 1.54) is 0 Å². The number of carbonyl (C=O) groups is 1. The number of benzene rings is 1. The molecule has 72 valence electrons. The van der Waals surface area contributed by atoms with E-state index < -0.39 is 11.9 Å². The van der Waals surface area contributed by atoms with Crippen molar-refractivity contribution in [3.05, 3.63) is 30.0 Å². The fourth-order valence-electron chi connectivity index (χ4n) is 1.42. The third-order valence-electron chi connectivity index (χ3n) is 2.16.